The predicted octanol–water partition coefficient (Wildman–Crippen LogP) is 2.70. The van der Waals surface area contributed by atoms with E-state index in [0.717, 1.165) is 5.69 Å². The van der Waals surface area contributed by atoms with E-state index in [9.17, 15) is 4.79 Å². The third kappa shape index (κ3) is 2.55. The number of aromatic nitrogens is 3. The highest BCUT2D eigenvalue weighted by Crippen LogP contribution is 2.21. The van der Waals surface area contributed by atoms with Gasteiger partial charge in [0.2, 0.25) is 5.76 Å². The summed E-state index contributed by atoms with van der Waals surface area (Å²) in [4.78, 5) is 15.9. The van der Waals surface area contributed by atoms with Gasteiger partial charge in [0.05, 0.1) is 6.61 Å². The van der Waals surface area contributed by atoms with Crippen molar-refractivity contribution in [3.8, 4) is 17.2 Å². The van der Waals surface area contributed by atoms with E-state index in [-0.39, 0.29) is 12.4 Å². The maximum atomic E-state index is 11.6. The molecular weight excluding hydrogens is 270 g/mol. The van der Waals surface area contributed by atoms with E-state index >= 15 is 0 Å². The molecule has 0 amide bonds. The van der Waals surface area contributed by atoms with Gasteiger partial charge in [-0.15, -0.1) is 0 Å². The number of ether oxygens (including phenoxy) is 1. The monoisotopic (exact) mass is 283 g/mol. The first-order valence-corrected chi connectivity index (χ1v) is 6.52. The van der Waals surface area contributed by atoms with Crippen molar-refractivity contribution in [2.45, 2.75) is 6.92 Å². The summed E-state index contributed by atoms with van der Waals surface area (Å²) in [7, 11) is 0. The van der Waals surface area contributed by atoms with Crippen LogP contribution in [0.4, 0.5) is 0 Å². The van der Waals surface area contributed by atoms with Gasteiger partial charge >= 0.3 is 5.97 Å². The minimum atomic E-state index is -0.533. The van der Waals surface area contributed by atoms with Gasteiger partial charge in [-0.25, -0.2) is 9.78 Å². The van der Waals surface area contributed by atoms with Crippen LogP contribution in [0.1, 0.15) is 17.5 Å². The quantitative estimate of drug-likeness (QED) is 0.688. The normalized spacial score (nSPS) is 10.5. The zero-order chi connectivity index (χ0) is 14.7. The molecular formula is C15H13N3O3. The van der Waals surface area contributed by atoms with Crippen LogP contribution >= 0.6 is 0 Å². The molecule has 0 atom stereocenters. The predicted molar refractivity (Wildman–Crippen MR) is 75.0 cm³/mol. The molecule has 106 valence electrons. The van der Waals surface area contributed by atoms with Crippen molar-refractivity contribution >= 4 is 5.97 Å². The molecule has 2 aromatic heterocycles. The number of imidazole rings is 1. The summed E-state index contributed by atoms with van der Waals surface area (Å²) in [5.41, 5.74) is 1.43. The van der Waals surface area contributed by atoms with Gasteiger partial charge in [0, 0.05) is 24.1 Å². The molecule has 0 N–H and O–H groups in total. The van der Waals surface area contributed by atoms with Gasteiger partial charge in [0.15, 0.2) is 11.5 Å². The Balaban J connectivity index is 1.96. The van der Waals surface area contributed by atoms with Crippen LogP contribution in [0.2, 0.25) is 0 Å². The van der Waals surface area contributed by atoms with Crippen molar-refractivity contribution < 1.29 is 14.1 Å². The van der Waals surface area contributed by atoms with Crippen molar-refractivity contribution in [3.05, 3.63) is 54.6 Å². The van der Waals surface area contributed by atoms with E-state index in [1.807, 2.05) is 41.1 Å². The summed E-state index contributed by atoms with van der Waals surface area (Å²) < 4.78 is 11.8. The zero-order valence-electron chi connectivity index (χ0n) is 11.4. The van der Waals surface area contributed by atoms with Crippen molar-refractivity contribution in [2.24, 2.45) is 0 Å². The minimum Gasteiger partial charge on any atom is -0.460 e. The van der Waals surface area contributed by atoms with E-state index in [2.05, 4.69) is 10.1 Å². The number of para-hydroxylation sites is 1. The third-order valence-electron chi connectivity index (χ3n) is 2.89. The summed E-state index contributed by atoms with van der Waals surface area (Å²) in [6.45, 7) is 2.02. The van der Waals surface area contributed by atoms with Crippen LogP contribution in [0.3, 0.4) is 0 Å². The van der Waals surface area contributed by atoms with E-state index in [1.54, 1.807) is 13.1 Å². The second-order valence-corrected chi connectivity index (χ2v) is 4.25. The lowest BCUT2D eigenvalue weighted by atomic mass is 10.3. The molecule has 0 radical (unpaired) electrons. The average Bonchev–Trinajstić information content (AvgIpc) is 3.17. The smallest absolute Gasteiger partial charge is 0.377 e. The fourth-order valence-electron chi connectivity index (χ4n) is 1.97. The molecule has 0 unspecified atom stereocenters. The molecule has 1 aromatic carbocycles. The van der Waals surface area contributed by atoms with Gasteiger partial charge < -0.3 is 9.26 Å². The zero-order valence-corrected chi connectivity index (χ0v) is 11.4. The second-order valence-electron chi connectivity index (χ2n) is 4.25. The maximum absolute atomic E-state index is 11.6. The van der Waals surface area contributed by atoms with Crippen molar-refractivity contribution in [3.63, 3.8) is 0 Å². The lowest BCUT2D eigenvalue weighted by Crippen LogP contribution is -2.02. The fourth-order valence-corrected chi connectivity index (χ4v) is 1.97. The summed E-state index contributed by atoms with van der Waals surface area (Å²) in [5.74, 6) is 0.129. The highest BCUT2D eigenvalue weighted by Gasteiger charge is 2.18. The molecule has 0 fully saturated rings. The SMILES string of the molecule is CCOC(=O)c1cc(-c2nccn2-c2ccccc2)no1. The third-order valence-corrected chi connectivity index (χ3v) is 2.89. The number of nitrogens with zero attached hydrogens (tertiary/aromatic N) is 3. The van der Waals surface area contributed by atoms with Crippen molar-refractivity contribution in [1.82, 2.24) is 14.7 Å². The van der Waals surface area contributed by atoms with Crippen LogP contribution in [0.15, 0.2) is 53.3 Å². The lowest BCUT2D eigenvalue weighted by molar-refractivity contribution is 0.0480. The van der Waals surface area contributed by atoms with Crippen LogP contribution in [0.25, 0.3) is 17.2 Å². The summed E-state index contributed by atoms with van der Waals surface area (Å²) in [5, 5.41) is 3.89. The Bertz CT molecular complexity index is 746. The number of esters is 1. The first-order valence-electron chi connectivity index (χ1n) is 6.52. The van der Waals surface area contributed by atoms with E-state index < -0.39 is 5.97 Å². The molecule has 0 saturated heterocycles. The first kappa shape index (κ1) is 13.1. The maximum Gasteiger partial charge on any atom is 0.377 e. The Morgan fingerprint density at radius 3 is 2.90 bits per heavy atom. The molecule has 0 aliphatic heterocycles. The molecule has 0 spiro atoms. The Morgan fingerprint density at radius 2 is 2.14 bits per heavy atom. The van der Waals surface area contributed by atoms with Crippen LogP contribution in [-0.4, -0.2) is 27.3 Å². The van der Waals surface area contributed by atoms with Gasteiger partial charge in [0.25, 0.3) is 0 Å². The van der Waals surface area contributed by atoms with Crippen LogP contribution < -0.4 is 0 Å². The van der Waals surface area contributed by atoms with Crippen molar-refractivity contribution in [2.75, 3.05) is 6.61 Å². The second kappa shape index (κ2) is 5.62. The number of hydrogen-bond donors (Lipinski definition) is 0. The van der Waals surface area contributed by atoms with E-state index in [0.29, 0.717) is 11.5 Å². The molecule has 6 heteroatoms. The Morgan fingerprint density at radius 1 is 1.33 bits per heavy atom. The number of hydrogen-bond acceptors (Lipinski definition) is 5. The Kier molecular flexibility index (Phi) is 3.51. The van der Waals surface area contributed by atoms with Gasteiger partial charge in [-0.1, -0.05) is 23.4 Å². The number of carbonyl (C=O) groups is 1. The van der Waals surface area contributed by atoms with Crippen molar-refractivity contribution in [1.29, 1.82) is 0 Å². The highest BCUT2D eigenvalue weighted by molar-refractivity contribution is 5.87. The van der Waals surface area contributed by atoms with E-state index in [4.69, 9.17) is 9.26 Å². The summed E-state index contributed by atoms with van der Waals surface area (Å²) in [6.07, 6.45) is 3.49. The number of benzene rings is 1. The van der Waals surface area contributed by atoms with Crippen LogP contribution in [-0.2, 0) is 4.74 Å². The molecule has 0 saturated carbocycles. The first-order chi connectivity index (χ1) is 10.3. The number of carbonyl (C=O) groups excluding carboxylic acids is 1. The number of rotatable bonds is 4. The lowest BCUT2D eigenvalue weighted by Gasteiger charge is -2.04. The van der Waals surface area contributed by atoms with Gasteiger partial charge in [0.1, 0.15) is 0 Å². The van der Waals surface area contributed by atoms with Gasteiger partial charge in [-0.2, -0.15) is 0 Å². The average molecular weight is 283 g/mol. The largest absolute Gasteiger partial charge is 0.460 e. The molecule has 0 aliphatic rings. The fraction of sp³-hybridized carbons (Fsp3) is 0.133. The molecule has 3 aromatic rings. The van der Waals surface area contributed by atoms with Gasteiger partial charge in [-0.3, -0.25) is 4.57 Å². The Hall–Kier alpha value is -2.89. The van der Waals surface area contributed by atoms with Crippen LogP contribution in [0, 0.1) is 0 Å². The summed E-state index contributed by atoms with van der Waals surface area (Å²) >= 11 is 0. The topological polar surface area (TPSA) is 70.2 Å². The van der Waals surface area contributed by atoms with Crippen LogP contribution in [0.5, 0.6) is 0 Å². The molecule has 0 aliphatic carbocycles. The minimum absolute atomic E-state index is 0.0643. The molecule has 21 heavy (non-hydrogen) atoms. The standard InChI is InChI=1S/C15H13N3O3/c1-2-20-15(19)13-10-12(17-21-13)14-16-8-9-18(14)11-6-4-3-5-7-11/h3-10H,2H2,1H3. The molecule has 3 rings (SSSR count). The molecule has 0 bridgehead atoms. The Labute approximate surface area is 121 Å². The van der Waals surface area contributed by atoms with Gasteiger partial charge in [-0.05, 0) is 19.1 Å². The summed E-state index contributed by atoms with van der Waals surface area (Å²) in [6, 6.07) is 11.3. The molecule has 6 nitrogen and oxygen atoms in total. The highest BCUT2D eigenvalue weighted by atomic mass is 16.6. The van der Waals surface area contributed by atoms with E-state index in [1.165, 1.54) is 6.07 Å². The molecule has 2 heterocycles.